The van der Waals surface area contributed by atoms with E-state index in [-0.39, 0.29) is 23.0 Å². The van der Waals surface area contributed by atoms with E-state index in [9.17, 15) is 31.1 Å². The van der Waals surface area contributed by atoms with E-state index >= 15 is 0 Å². The van der Waals surface area contributed by atoms with Crippen molar-refractivity contribution in [3.63, 3.8) is 0 Å². The number of amides is 1. The number of carbonyl (C=O) groups is 1. The van der Waals surface area contributed by atoms with Gasteiger partial charge in [-0.1, -0.05) is 0 Å². The van der Waals surface area contributed by atoms with E-state index in [1.54, 1.807) is 0 Å². The lowest BCUT2D eigenvalue weighted by Gasteiger charge is -2.08. The fourth-order valence-electron chi connectivity index (χ4n) is 3.25. The van der Waals surface area contributed by atoms with Crippen LogP contribution in [0.2, 0.25) is 0 Å². The lowest BCUT2D eigenvalue weighted by molar-refractivity contribution is -0.141. The van der Waals surface area contributed by atoms with Crippen LogP contribution in [0, 0.1) is 12.7 Å². The Hall–Kier alpha value is -3.49. The molecule has 3 aromatic rings. The summed E-state index contributed by atoms with van der Waals surface area (Å²) in [6.07, 6.45) is -2.91. The maximum Gasteiger partial charge on any atom is 0.435 e. The molecule has 0 aromatic carbocycles. The van der Waals surface area contributed by atoms with Crippen molar-refractivity contribution in [1.82, 2.24) is 34.8 Å². The third kappa shape index (κ3) is 4.97. The summed E-state index contributed by atoms with van der Waals surface area (Å²) in [6, 6.07) is 0.949. The van der Waals surface area contributed by atoms with Crippen LogP contribution in [-0.4, -0.2) is 47.9 Å². The summed E-state index contributed by atoms with van der Waals surface area (Å²) in [4.78, 5) is 19.9. The van der Waals surface area contributed by atoms with Gasteiger partial charge in [0.15, 0.2) is 23.2 Å². The van der Waals surface area contributed by atoms with Crippen LogP contribution in [0.1, 0.15) is 29.7 Å². The lowest BCUT2D eigenvalue weighted by atomic mass is 10.2. The molecule has 0 unspecified atom stereocenters. The first-order chi connectivity index (χ1) is 15.4. The van der Waals surface area contributed by atoms with Crippen LogP contribution in [0.5, 0.6) is 0 Å². The highest BCUT2D eigenvalue weighted by atomic mass is 19.4. The van der Waals surface area contributed by atoms with Gasteiger partial charge in [0.05, 0.1) is 24.5 Å². The highest BCUT2D eigenvalue weighted by molar-refractivity contribution is 5.90. The first-order valence-corrected chi connectivity index (χ1v) is 9.51. The summed E-state index contributed by atoms with van der Waals surface area (Å²) < 4.78 is 81.3. The molecule has 2 N–H and O–H groups in total. The summed E-state index contributed by atoms with van der Waals surface area (Å²) >= 11 is 0. The van der Waals surface area contributed by atoms with Crippen LogP contribution >= 0.6 is 0 Å². The number of alkyl halides is 5. The van der Waals surface area contributed by atoms with Gasteiger partial charge in [-0.3, -0.25) is 9.48 Å². The van der Waals surface area contributed by atoms with Crippen LogP contribution in [0.25, 0.3) is 5.82 Å². The van der Waals surface area contributed by atoms with Gasteiger partial charge in [0.1, 0.15) is 12.9 Å². The molecule has 1 saturated heterocycles. The highest BCUT2D eigenvalue weighted by Crippen LogP contribution is 2.32. The second-order valence-corrected chi connectivity index (χ2v) is 7.44. The van der Waals surface area contributed by atoms with Crippen LogP contribution in [0.4, 0.5) is 32.0 Å². The normalized spacial score (nSPS) is 18.0. The predicted molar refractivity (Wildman–Crippen MR) is 100 cm³/mol. The molecule has 0 saturated carbocycles. The van der Waals surface area contributed by atoms with Gasteiger partial charge < -0.3 is 10.6 Å². The maximum atomic E-state index is 14.5. The zero-order valence-corrected chi connectivity index (χ0v) is 16.9. The molecule has 33 heavy (non-hydrogen) atoms. The molecule has 1 amide bonds. The van der Waals surface area contributed by atoms with Crippen molar-refractivity contribution < 1.29 is 31.1 Å². The molecule has 0 spiro atoms. The van der Waals surface area contributed by atoms with Crippen molar-refractivity contribution in [2.24, 2.45) is 0 Å². The summed E-state index contributed by atoms with van der Waals surface area (Å²) in [5.41, 5.74) is -1.07. The molecule has 9 nitrogen and oxygen atoms in total. The molecule has 1 aliphatic rings. The van der Waals surface area contributed by atoms with E-state index in [0.29, 0.717) is 0 Å². The Kier molecular flexibility index (Phi) is 5.59. The number of anilines is 1. The smallest absolute Gasteiger partial charge is 0.323 e. The van der Waals surface area contributed by atoms with Crippen LogP contribution in [0.15, 0.2) is 24.7 Å². The minimum absolute atomic E-state index is 0.0542. The number of nitrogens with zero attached hydrogens (tertiary/aromatic N) is 6. The van der Waals surface area contributed by atoms with Gasteiger partial charge in [0.2, 0.25) is 5.91 Å². The number of hydrogen-bond acceptors (Lipinski definition) is 6. The van der Waals surface area contributed by atoms with Crippen molar-refractivity contribution in [1.29, 1.82) is 0 Å². The first kappa shape index (κ1) is 22.7. The summed E-state index contributed by atoms with van der Waals surface area (Å²) in [5, 5.41) is 12.2. The number of halogens is 6. The van der Waals surface area contributed by atoms with Gasteiger partial charge in [0.25, 0.3) is 5.92 Å². The average Bonchev–Trinajstić information content (AvgIpc) is 3.41. The van der Waals surface area contributed by atoms with Crippen LogP contribution in [0.3, 0.4) is 0 Å². The number of pyridine rings is 1. The number of nitrogens with one attached hydrogen (secondary N) is 2. The van der Waals surface area contributed by atoms with Crippen LogP contribution < -0.4 is 10.6 Å². The Balaban J connectivity index is 1.43. The van der Waals surface area contributed by atoms with Crippen molar-refractivity contribution >= 4 is 11.6 Å². The number of aromatic nitrogens is 6. The van der Waals surface area contributed by atoms with Gasteiger partial charge in [-0.25, -0.2) is 23.1 Å². The van der Waals surface area contributed by atoms with Crippen LogP contribution in [-0.2, 0) is 17.5 Å². The lowest BCUT2D eigenvalue weighted by Crippen LogP contribution is -2.21. The molecular weight excluding hydrogens is 458 g/mol. The first-order valence-electron chi connectivity index (χ1n) is 9.51. The Labute approximate surface area is 181 Å². The molecule has 1 atom stereocenters. The minimum atomic E-state index is -4.65. The SMILES string of the molecule is Cc1cc(C(F)(F)F)nn1CC(=O)Nc1cnc(-n2cnc([C@@H]3CC(F)(F)CN3)n2)c(F)c1. The quantitative estimate of drug-likeness (QED) is 0.552. The molecule has 4 rings (SSSR count). The van der Waals surface area contributed by atoms with Crippen molar-refractivity contribution in [2.75, 3.05) is 11.9 Å². The third-order valence-corrected chi connectivity index (χ3v) is 4.82. The molecule has 4 heterocycles. The van der Waals surface area contributed by atoms with E-state index < -0.39 is 55.1 Å². The topological polar surface area (TPSA) is 103 Å². The molecule has 1 fully saturated rings. The highest BCUT2D eigenvalue weighted by Gasteiger charge is 2.41. The van der Waals surface area contributed by atoms with Gasteiger partial charge in [0, 0.05) is 18.2 Å². The Morgan fingerprint density at radius 2 is 2.03 bits per heavy atom. The molecule has 3 aromatic heterocycles. The molecule has 0 aliphatic carbocycles. The van der Waals surface area contributed by atoms with Crippen molar-refractivity contribution in [2.45, 2.75) is 38.0 Å². The largest absolute Gasteiger partial charge is 0.435 e. The van der Waals surface area contributed by atoms with Gasteiger partial charge >= 0.3 is 6.18 Å². The Bertz CT molecular complexity index is 1190. The van der Waals surface area contributed by atoms with Gasteiger partial charge in [-0.05, 0) is 13.0 Å². The van der Waals surface area contributed by atoms with E-state index in [1.165, 1.54) is 6.92 Å². The number of aryl methyl sites for hydroxylation is 1. The molecule has 0 radical (unpaired) electrons. The number of hydrogen-bond donors (Lipinski definition) is 2. The van der Waals surface area contributed by atoms with Crippen molar-refractivity contribution in [3.8, 4) is 5.82 Å². The van der Waals surface area contributed by atoms with Gasteiger partial charge in [-0.15, -0.1) is 5.10 Å². The van der Waals surface area contributed by atoms with Gasteiger partial charge in [-0.2, -0.15) is 23.0 Å². The summed E-state index contributed by atoms with van der Waals surface area (Å²) in [7, 11) is 0. The van der Waals surface area contributed by atoms with E-state index in [4.69, 9.17) is 0 Å². The van der Waals surface area contributed by atoms with Crippen molar-refractivity contribution in [3.05, 3.63) is 47.7 Å². The molecule has 176 valence electrons. The predicted octanol–water partition coefficient (Wildman–Crippen LogP) is 2.63. The number of rotatable bonds is 5. The maximum absolute atomic E-state index is 14.5. The van der Waals surface area contributed by atoms with E-state index in [1.807, 2.05) is 0 Å². The molecule has 0 bridgehead atoms. The minimum Gasteiger partial charge on any atom is -0.323 e. The average molecular weight is 474 g/mol. The molecule has 1 aliphatic heterocycles. The molecular formula is C18H16F6N8O. The zero-order chi connectivity index (χ0) is 24.0. The fourth-order valence-corrected chi connectivity index (χ4v) is 3.25. The second-order valence-electron chi connectivity index (χ2n) is 7.44. The zero-order valence-electron chi connectivity index (χ0n) is 16.9. The Morgan fingerprint density at radius 1 is 1.27 bits per heavy atom. The summed E-state index contributed by atoms with van der Waals surface area (Å²) in [5.74, 6) is -4.76. The Morgan fingerprint density at radius 3 is 2.64 bits per heavy atom. The number of carbonyl (C=O) groups excluding carboxylic acids is 1. The van der Waals surface area contributed by atoms with E-state index in [0.717, 1.165) is 34.0 Å². The second kappa shape index (κ2) is 8.13. The standard InChI is InChI=1S/C18H16F6N8O/c1-9-2-13(18(22,23)24)29-31(9)6-14(33)28-10-3-11(19)16(25-5-10)32-8-27-15(30-32)12-4-17(20,21)7-26-12/h2-3,5,8,12,26H,4,6-7H2,1H3,(H,28,33)/t12-/m0/s1. The summed E-state index contributed by atoms with van der Waals surface area (Å²) in [6.45, 7) is 0.319. The third-order valence-electron chi connectivity index (χ3n) is 4.82. The fraction of sp³-hybridized carbons (Fsp3) is 0.389. The van der Waals surface area contributed by atoms with E-state index in [2.05, 4.69) is 30.8 Å². The molecule has 15 heteroatoms. The monoisotopic (exact) mass is 474 g/mol.